The molecule has 0 atom stereocenters. The number of carbonyl (C=O) groups excluding carboxylic acids is 2. The summed E-state index contributed by atoms with van der Waals surface area (Å²) in [7, 11) is 0. The number of esters is 1. The molecule has 2 aromatic rings. The first-order chi connectivity index (χ1) is 11.6. The molecule has 6 nitrogen and oxygen atoms in total. The van der Waals surface area contributed by atoms with Gasteiger partial charge in [-0.1, -0.05) is 26.0 Å². The van der Waals surface area contributed by atoms with Gasteiger partial charge in [0.1, 0.15) is 12.4 Å². The number of ether oxygens (including phenoxy) is 1. The van der Waals surface area contributed by atoms with Gasteiger partial charge in [0.15, 0.2) is 0 Å². The molecule has 0 fully saturated rings. The topological polar surface area (TPSA) is 73.2 Å². The minimum atomic E-state index is -0.312. The van der Waals surface area contributed by atoms with Crippen LogP contribution in [-0.2, 0) is 27.4 Å². The van der Waals surface area contributed by atoms with Crippen molar-refractivity contribution in [1.82, 2.24) is 14.9 Å². The number of nitrogens with one attached hydrogen (secondary N) is 1. The highest BCUT2D eigenvalue weighted by molar-refractivity contribution is 5.80. The number of nitrogens with zero attached hydrogens (tertiary/aromatic N) is 2. The van der Waals surface area contributed by atoms with E-state index in [0.29, 0.717) is 19.0 Å². The Morgan fingerprint density at radius 2 is 1.92 bits per heavy atom. The van der Waals surface area contributed by atoms with E-state index in [1.165, 1.54) is 0 Å². The minimum absolute atomic E-state index is 0.00730. The Morgan fingerprint density at radius 1 is 1.21 bits per heavy atom. The number of aromatic nitrogens is 2. The number of para-hydroxylation sites is 2. The molecule has 0 saturated carbocycles. The molecule has 24 heavy (non-hydrogen) atoms. The first-order valence-electron chi connectivity index (χ1n) is 8.48. The van der Waals surface area contributed by atoms with Crippen LogP contribution in [0.25, 0.3) is 11.0 Å². The molecule has 1 heterocycles. The van der Waals surface area contributed by atoms with Gasteiger partial charge in [-0.05, 0) is 31.9 Å². The predicted octanol–water partition coefficient (Wildman–Crippen LogP) is 2.65. The standard InChI is InChI=1S/C18H25N3O3/c1-4-13(5-2)18(23)19-11-16-20-14-9-7-8-10-15(14)21(16)12-17(22)24-6-3/h7-10,13H,4-6,11-12H2,1-3H3,(H,19,23). The van der Waals surface area contributed by atoms with E-state index in [1.54, 1.807) is 11.5 Å². The van der Waals surface area contributed by atoms with Crippen molar-refractivity contribution < 1.29 is 14.3 Å². The lowest BCUT2D eigenvalue weighted by atomic mass is 10.0. The number of carbonyl (C=O) groups is 2. The summed E-state index contributed by atoms with van der Waals surface area (Å²) in [6.07, 6.45) is 1.61. The molecular formula is C18H25N3O3. The van der Waals surface area contributed by atoms with E-state index < -0.39 is 0 Å². The summed E-state index contributed by atoms with van der Waals surface area (Å²) in [5, 5.41) is 2.93. The number of imidazole rings is 1. The van der Waals surface area contributed by atoms with Crippen molar-refractivity contribution in [2.75, 3.05) is 6.61 Å². The molecule has 6 heteroatoms. The molecule has 0 saturated heterocycles. The normalized spacial score (nSPS) is 11.0. The van der Waals surface area contributed by atoms with Gasteiger partial charge in [-0.25, -0.2) is 4.98 Å². The van der Waals surface area contributed by atoms with Crippen molar-refractivity contribution >= 4 is 22.9 Å². The van der Waals surface area contributed by atoms with Crippen molar-refractivity contribution in [3.63, 3.8) is 0 Å². The van der Waals surface area contributed by atoms with E-state index >= 15 is 0 Å². The average Bonchev–Trinajstić information content (AvgIpc) is 2.92. The number of fused-ring (bicyclic) bond motifs is 1. The quantitative estimate of drug-likeness (QED) is 0.755. The van der Waals surface area contributed by atoms with Gasteiger partial charge in [-0.15, -0.1) is 0 Å². The van der Waals surface area contributed by atoms with Gasteiger partial charge in [0.25, 0.3) is 0 Å². The molecule has 0 radical (unpaired) electrons. The van der Waals surface area contributed by atoms with Crippen LogP contribution < -0.4 is 5.32 Å². The fourth-order valence-electron chi connectivity index (χ4n) is 2.74. The van der Waals surface area contributed by atoms with E-state index in [0.717, 1.165) is 23.9 Å². The highest BCUT2D eigenvalue weighted by Gasteiger charge is 2.17. The van der Waals surface area contributed by atoms with Gasteiger partial charge in [-0.3, -0.25) is 9.59 Å². The summed E-state index contributed by atoms with van der Waals surface area (Å²) < 4.78 is 6.85. The molecular weight excluding hydrogens is 306 g/mol. The predicted molar refractivity (Wildman–Crippen MR) is 92.3 cm³/mol. The molecule has 1 amide bonds. The van der Waals surface area contributed by atoms with Crippen molar-refractivity contribution in [3.05, 3.63) is 30.1 Å². The van der Waals surface area contributed by atoms with E-state index in [1.807, 2.05) is 38.1 Å². The molecule has 2 rings (SSSR count). The third-order valence-electron chi connectivity index (χ3n) is 4.10. The van der Waals surface area contributed by atoms with Crippen LogP contribution in [0.5, 0.6) is 0 Å². The molecule has 0 aliphatic rings. The second-order valence-corrected chi connectivity index (χ2v) is 5.64. The Morgan fingerprint density at radius 3 is 2.58 bits per heavy atom. The average molecular weight is 331 g/mol. The molecule has 1 aromatic heterocycles. The molecule has 0 aliphatic carbocycles. The van der Waals surface area contributed by atoms with Crippen molar-refractivity contribution in [2.24, 2.45) is 5.92 Å². The maximum Gasteiger partial charge on any atom is 0.326 e. The number of hydrogen-bond donors (Lipinski definition) is 1. The van der Waals surface area contributed by atoms with Crippen molar-refractivity contribution in [2.45, 2.75) is 46.7 Å². The molecule has 0 aliphatic heterocycles. The highest BCUT2D eigenvalue weighted by Crippen LogP contribution is 2.16. The Kier molecular flexibility index (Phi) is 6.35. The van der Waals surface area contributed by atoms with Crippen molar-refractivity contribution in [3.8, 4) is 0 Å². The van der Waals surface area contributed by atoms with Crippen LogP contribution in [0, 0.1) is 5.92 Å². The van der Waals surface area contributed by atoms with Gasteiger partial charge in [0, 0.05) is 5.92 Å². The smallest absolute Gasteiger partial charge is 0.326 e. The number of amides is 1. The fraction of sp³-hybridized carbons (Fsp3) is 0.500. The summed E-state index contributed by atoms with van der Waals surface area (Å²) in [6, 6.07) is 7.60. The summed E-state index contributed by atoms with van der Waals surface area (Å²) >= 11 is 0. The van der Waals surface area contributed by atoms with Crippen LogP contribution in [0.2, 0.25) is 0 Å². The van der Waals surface area contributed by atoms with E-state index in [9.17, 15) is 9.59 Å². The zero-order chi connectivity index (χ0) is 17.5. The van der Waals surface area contributed by atoms with Crippen LogP contribution in [0.1, 0.15) is 39.4 Å². The molecule has 0 unspecified atom stereocenters. The van der Waals surface area contributed by atoms with Crippen LogP contribution >= 0.6 is 0 Å². The molecule has 1 N–H and O–H groups in total. The zero-order valence-corrected chi connectivity index (χ0v) is 14.5. The van der Waals surface area contributed by atoms with E-state index in [2.05, 4.69) is 10.3 Å². The first kappa shape index (κ1) is 18.0. The molecule has 0 spiro atoms. The lowest BCUT2D eigenvalue weighted by molar-refractivity contribution is -0.143. The minimum Gasteiger partial charge on any atom is -0.465 e. The van der Waals surface area contributed by atoms with Crippen molar-refractivity contribution in [1.29, 1.82) is 0 Å². The lowest BCUT2D eigenvalue weighted by Gasteiger charge is -2.13. The van der Waals surface area contributed by atoms with E-state index in [4.69, 9.17) is 4.74 Å². The lowest BCUT2D eigenvalue weighted by Crippen LogP contribution is -2.31. The Balaban J connectivity index is 2.22. The third-order valence-corrected chi connectivity index (χ3v) is 4.10. The number of hydrogen-bond acceptors (Lipinski definition) is 4. The van der Waals surface area contributed by atoms with Gasteiger partial charge in [-0.2, -0.15) is 0 Å². The molecule has 1 aromatic carbocycles. The highest BCUT2D eigenvalue weighted by atomic mass is 16.5. The molecule has 0 bridgehead atoms. The van der Waals surface area contributed by atoms with Crippen LogP contribution in [0.15, 0.2) is 24.3 Å². The van der Waals surface area contributed by atoms with E-state index in [-0.39, 0.29) is 24.3 Å². The monoisotopic (exact) mass is 331 g/mol. The summed E-state index contributed by atoms with van der Waals surface area (Å²) in [5.74, 6) is 0.374. The van der Waals surface area contributed by atoms with Gasteiger partial charge in [0.2, 0.25) is 5.91 Å². The van der Waals surface area contributed by atoms with Crippen LogP contribution in [-0.4, -0.2) is 28.0 Å². The first-order valence-corrected chi connectivity index (χ1v) is 8.48. The maximum absolute atomic E-state index is 12.2. The Bertz CT molecular complexity index is 705. The second-order valence-electron chi connectivity index (χ2n) is 5.64. The molecule has 130 valence electrons. The number of benzene rings is 1. The third kappa shape index (κ3) is 4.13. The largest absolute Gasteiger partial charge is 0.465 e. The summed E-state index contributed by atoms with van der Waals surface area (Å²) in [4.78, 5) is 28.6. The summed E-state index contributed by atoms with van der Waals surface area (Å²) in [5.41, 5.74) is 1.66. The Hall–Kier alpha value is -2.37. The summed E-state index contributed by atoms with van der Waals surface area (Å²) in [6.45, 7) is 6.51. The Labute approximate surface area is 142 Å². The SMILES string of the molecule is CCOC(=O)Cn1c(CNC(=O)C(CC)CC)nc2ccccc21. The number of rotatable bonds is 8. The fourth-order valence-corrected chi connectivity index (χ4v) is 2.74. The van der Waals surface area contributed by atoms with Gasteiger partial charge in [0.05, 0.1) is 24.2 Å². The van der Waals surface area contributed by atoms with Crippen LogP contribution in [0.4, 0.5) is 0 Å². The zero-order valence-electron chi connectivity index (χ0n) is 14.5. The van der Waals surface area contributed by atoms with Gasteiger partial charge < -0.3 is 14.6 Å². The van der Waals surface area contributed by atoms with Crippen LogP contribution in [0.3, 0.4) is 0 Å². The maximum atomic E-state index is 12.2. The second kappa shape index (κ2) is 8.47. The van der Waals surface area contributed by atoms with Gasteiger partial charge >= 0.3 is 5.97 Å².